The number of ether oxygens (including phenoxy) is 2. The lowest BCUT2D eigenvalue weighted by Gasteiger charge is -2.15. The average molecular weight is 451 g/mol. The Labute approximate surface area is 197 Å². The summed E-state index contributed by atoms with van der Waals surface area (Å²) in [4.78, 5) is 9.04. The summed E-state index contributed by atoms with van der Waals surface area (Å²) in [7, 11) is 0. The van der Waals surface area contributed by atoms with Gasteiger partial charge in [-0.15, -0.1) is 0 Å². The highest BCUT2D eigenvalue weighted by Gasteiger charge is 2.15. The molecular weight excluding hydrogens is 415 g/mol. The fourth-order valence-electron chi connectivity index (χ4n) is 3.38. The molecule has 0 radical (unpaired) electrons. The molecule has 2 aromatic carbocycles. The second-order valence-electron chi connectivity index (χ2n) is 8.47. The van der Waals surface area contributed by atoms with Crippen LogP contribution in [-0.2, 0) is 0 Å². The maximum absolute atomic E-state index is 14.0. The largest absolute Gasteiger partial charge is 0.494 e. The predicted octanol–water partition coefficient (Wildman–Crippen LogP) is 7.53. The molecule has 2 unspecified atom stereocenters. The van der Waals surface area contributed by atoms with Crippen molar-refractivity contribution in [1.82, 2.24) is 9.97 Å². The number of alkyl halides is 1. The van der Waals surface area contributed by atoms with Crippen molar-refractivity contribution in [3.63, 3.8) is 0 Å². The fourth-order valence-corrected chi connectivity index (χ4v) is 3.38. The van der Waals surface area contributed by atoms with Crippen LogP contribution in [-0.4, -0.2) is 29.4 Å². The van der Waals surface area contributed by atoms with Crippen LogP contribution >= 0.6 is 0 Å². The van der Waals surface area contributed by atoms with Gasteiger partial charge in [-0.1, -0.05) is 58.6 Å². The molecule has 0 amide bonds. The highest BCUT2D eigenvalue weighted by molar-refractivity contribution is 5.64. The first-order valence-corrected chi connectivity index (χ1v) is 12.0. The molecule has 4 nitrogen and oxygen atoms in total. The van der Waals surface area contributed by atoms with Gasteiger partial charge in [0.2, 0.25) is 0 Å². The second-order valence-corrected chi connectivity index (χ2v) is 8.47. The van der Waals surface area contributed by atoms with E-state index in [1.807, 2.05) is 74.8 Å². The predicted molar refractivity (Wildman–Crippen MR) is 132 cm³/mol. The van der Waals surface area contributed by atoms with Crippen LogP contribution in [0.15, 0.2) is 60.9 Å². The fraction of sp³-hybridized carbons (Fsp3) is 0.429. The van der Waals surface area contributed by atoms with Crippen molar-refractivity contribution in [2.24, 2.45) is 5.92 Å². The molecule has 1 aromatic heterocycles. The number of nitrogens with zero attached hydrogens (tertiary/aromatic N) is 2. The molecule has 1 heterocycles. The quantitative estimate of drug-likeness (QED) is 0.252. The summed E-state index contributed by atoms with van der Waals surface area (Å²) >= 11 is 0. The number of unbranched alkanes of at least 4 members (excludes halogenated alkanes) is 3. The minimum absolute atomic E-state index is 0.00420. The smallest absolute Gasteiger partial charge is 0.159 e. The number of halogens is 1. The topological polar surface area (TPSA) is 44.2 Å². The zero-order valence-electron chi connectivity index (χ0n) is 20.0. The molecule has 0 spiro atoms. The van der Waals surface area contributed by atoms with E-state index in [2.05, 4.69) is 16.9 Å². The number of benzene rings is 2. The maximum atomic E-state index is 14.0. The molecule has 0 saturated heterocycles. The third kappa shape index (κ3) is 7.55. The van der Waals surface area contributed by atoms with Gasteiger partial charge in [0.25, 0.3) is 0 Å². The Morgan fingerprint density at radius 1 is 0.758 bits per heavy atom. The first-order chi connectivity index (χ1) is 16.1. The molecule has 0 fully saturated rings. The van der Waals surface area contributed by atoms with Crippen molar-refractivity contribution in [2.75, 3.05) is 13.2 Å². The van der Waals surface area contributed by atoms with Gasteiger partial charge in [-0.25, -0.2) is 14.4 Å². The van der Waals surface area contributed by atoms with E-state index in [0.717, 1.165) is 41.9 Å². The summed E-state index contributed by atoms with van der Waals surface area (Å²) < 4.78 is 25.4. The van der Waals surface area contributed by atoms with E-state index in [1.54, 1.807) is 0 Å². The van der Waals surface area contributed by atoms with E-state index in [4.69, 9.17) is 9.47 Å². The van der Waals surface area contributed by atoms with Gasteiger partial charge < -0.3 is 9.47 Å². The number of rotatable bonds is 13. The molecule has 0 aliphatic heterocycles. The molecule has 0 N–H and O–H groups in total. The molecule has 0 saturated carbocycles. The van der Waals surface area contributed by atoms with Gasteiger partial charge in [0.05, 0.1) is 6.61 Å². The van der Waals surface area contributed by atoms with Crippen molar-refractivity contribution in [1.29, 1.82) is 0 Å². The minimum Gasteiger partial charge on any atom is -0.494 e. The van der Waals surface area contributed by atoms with E-state index < -0.39 is 6.17 Å². The van der Waals surface area contributed by atoms with Gasteiger partial charge in [0, 0.05) is 23.5 Å². The van der Waals surface area contributed by atoms with Gasteiger partial charge in [0.1, 0.15) is 24.3 Å². The van der Waals surface area contributed by atoms with Crippen LogP contribution in [0.5, 0.6) is 11.5 Å². The molecule has 3 rings (SSSR count). The molecule has 3 aromatic rings. The van der Waals surface area contributed by atoms with E-state index in [-0.39, 0.29) is 12.5 Å². The Morgan fingerprint density at radius 3 is 1.97 bits per heavy atom. The van der Waals surface area contributed by atoms with Crippen molar-refractivity contribution >= 4 is 0 Å². The molecule has 33 heavy (non-hydrogen) atoms. The summed E-state index contributed by atoms with van der Waals surface area (Å²) in [6.45, 7) is 6.92. The van der Waals surface area contributed by atoms with E-state index >= 15 is 0 Å². The van der Waals surface area contributed by atoms with Crippen LogP contribution in [0.25, 0.3) is 22.5 Å². The molecule has 0 bridgehead atoms. The highest BCUT2D eigenvalue weighted by atomic mass is 19.1. The summed E-state index contributed by atoms with van der Waals surface area (Å²) in [6, 6.07) is 15.5. The van der Waals surface area contributed by atoms with Crippen molar-refractivity contribution < 1.29 is 13.9 Å². The Hall–Kier alpha value is -2.95. The van der Waals surface area contributed by atoms with Gasteiger partial charge in [-0.3, -0.25) is 0 Å². The van der Waals surface area contributed by atoms with Crippen LogP contribution in [0.1, 0.15) is 52.9 Å². The Balaban J connectivity index is 1.54. The first kappa shape index (κ1) is 24.7. The van der Waals surface area contributed by atoms with Crippen LogP contribution in [0.2, 0.25) is 0 Å². The zero-order chi connectivity index (χ0) is 23.5. The Bertz CT molecular complexity index is 943. The van der Waals surface area contributed by atoms with Crippen LogP contribution in [0.4, 0.5) is 4.39 Å². The molecular formula is C28H35FN2O2. The molecule has 0 aliphatic rings. The first-order valence-electron chi connectivity index (χ1n) is 12.0. The lowest BCUT2D eigenvalue weighted by Crippen LogP contribution is -2.20. The Morgan fingerprint density at radius 2 is 1.36 bits per heavy atom. The van der Waals surface area contributed by atoms with Gasteiger partial charge in [-0.05, 0) is 54.3 Å². The second kappa shape index (κ2) is 12.9. The van der Waals surface area contributed by atoms with Gasteiger partial charge in [0.15, 0.2) is 5.82 Å². The lowest BCUT2D eigenvalue weighted by molar-refractivity contribution is 0.145. The van der Waals surface area contributed by atoms with Gasteiger partial charge in [-0.2, -0.15) is 0 Å². The average Bonchev–Trinajstić information content (AvgIpc) is 2.87. The summed E-state index contributed by atoms with van der Waals surface area (Å²) in [5.41, 5.74) is 2.89. The summed E-state index contributed by atoms with van der Waals surface area (Å²) in [6.07, 6.45) is 8.28. The minimum atomic E-state index is -0.961. The van der Waals surface area contributed by atoms with Crippen LogP contribution < -0.4 is 9.47 Å². The molecule has 5 heteroatoms. The van der Waals surface area contributed by atoms with Crippen LogP contribution in [0.3, 0.4) is 0 Å². The third-order valence-electron chi connectivity index (χ3n) is 5.89. The zero-order valence-corrected chi connectivity index (χ0v) is 20.0. The van der Waals surface area contributed by atoms with E-state index in [1.165, 1.54) is 19.3 Å². The van der Waals surface area contributed by atoms with Gasteiger partial charge >= 0.3 is 0 Å². The summed E-state index contributed by atoms with van der Waals surface area (Å²) in [5, 5.41) is 0. The van der Waals surface area contributed by atoms with Crippen molar-refractivity contribution in [3.05, 3.63) is 60.9 Å². The number of aromatic nitrogens is 2. The summed E-state index contributed by atoms with van der Waals surface area (Å²) in [5.74, 6) is 2.17. The Kier molecular flexibility index (Phi) is 9.67. The SMILES string of the molecule is CCCCCCOc1ccc(-c2cnc(-c3ccc(OCC(F)C(C)CC)cc3)nc2)cc1. The maximum Gasteiger partial charge on any atom is 0.159 e. The molecule has 176 valence electrons. The van der Waals surface area contributed by atoms with Crippen LogP contribution in [0, 0.1) is 5.92 Å². The normalized spacial score (nSPS) is 12.8. The third-order valence-corrected chi connectivity index (χ3v) is 5.89. The van der Waals surface area contributed by atoms with Crippen molar-refractivity contribution in [2.45, 2.75) is 59.0 Å². The van der Waals surface area contributed by atoms with E-state index in [0.29, 0.717) is 11.6 Å². The lowest BCUT2D eigenvalue weighted by atomic mass is 10.0. The monoisotopic (exact) mass is 450 g/mol. The highest BCUT2D eigenvalue weighted by Crippen LogP contribution is 2.24. The standard InChI is InChI=1S/C28H35FN2O2/c1-4-6-7-8-17-32-25-13-9-22(10-14-25)24-18-30-28(31-19-24)23-11-15-26(16-12-23)33-20-27(29)21(3)5-2/h9-16,18-19,21,27H,4-8,17,20H2,1-3H3. The van der Waals surface area contributed by atoms with E-state index in [9.17, 15) is 4.39 Å². The molecule has 2 atom stereocenters. The number of hydrogen-bond donors (Lipinski definition) is 0. The number of hydrogen-bond acceptors (Lipinski definition) is 4. The van der Waals surface area contributed by atoms with Crippen molar-refractivity contribution in [3.8, 4) is 34.0 Å². The molecule has 0 aliphatic carbocycles.